The molecule has 1 aromatic rings. The van der Waals surface area contributed by atoms with Crippen LogP contribution in [0.4, 0.5) is 5.69 Å². The van der Waals surface area contributed by atoms with Crippen molar-refractivity contribution in [2.45, 2.75) is 20.3 Å². The molecule has 1 amide bonds. The summed E-state index contributed by atoms with van der Waals surface area (Å²) in [5.74, 6) is -0.920. The number of aliphatic carboxylic acids is 1. The number of carbonyl (C=O) groups is 2. The molecule has 4 aliphatic rings. The van der Waals surface area contributed by atoms with Crippen LogP contribution in [-0.4, -0.2) is 17.0 Å². The molecular formula is C19H21NO3. The maximum atomic E-state index is 12.9. The second-order valence-electron chi connectivity index (χ2n) is 7.30. The molecule has 120 valence electrons. The van der Waals surface area contributed by atoms with E-state index in [0.29, 0.717) is 11.8 Å². The fraction of sp³-hybridized carbons (Fsp3) is 0.474. The number of carboxylic acids is 1. The number of hydrogen-bond donors (Lipinski definition) is 2. The summed E-state index contributed by atoms with van der Waals surface area (Å²) < 4.78 is 0. The number of carbonyl (C=O) groups excluding carboxylic acids is 1. The Morgan fingerprint density at radius 2 is 1.74 bits per heavy atom. The molecule has 6 atom stereocenters. The van der Waals surface area contributed by atoms with Crippen LogP contribution in [-0.2, 0) is 9.59 Å². The number of anilines is 1. The highest BCUT2D eigenvalue weighted by Crippen LogP contribution is 2.63. The van der Waals surface area contributed by atoms with E-state index in [-0.39, 0.29) is 17.7 Å². The summed E-state index contributed by atoms with van der Waals surface area (Å²) in [7, 11) is 0. The van der Waals surface area contributed by atoms with Crippen molar-refractivity contribution in [2.24, 2.45) is 35.5 Å². The van der Waals surface area contributed by atoms with E-state index < -0.39 is 17.8 Å². The summed E-state index contributed by atoms with van der Waals surface area (Å²) in [4.78, 5) is 24.6. The minimum Gasteiger partial charge on any atom is -0.481 e. The third kappa shape index (κ3) is 2.19. The van der Waals surface area contributed by atoms with Gasteiger partial charge >= 0.3 is 5.97 Å². The van der Waals surface area contributed by atoms with Crippen LogP contribution in [0.2, 0.25) is 0 Å². The van der Waals surface area contributed by atoms with Crippen molar-refractivity contribution in [1.82, 2.24) is 0 Å². The van der Waals surface area contributed by atoms with Crippen molar-refractivity contribution in [1.29, 1.82) is 0 Å². The molecule has 0 spiro atoms. The van der Waals surface area contributed by atoms with E-state index in [4.69, 9.17) is 0 Å². The zero-order chi connectivity index (χ0) is 16.3. The first-order valence-corrected chi connectivity index (χ1v) is 8.26. The highest BCUT2D eigenvalue weighted by atomic mass is 16.4. The highest BCUT2D eigenvalue weighted by molar-refractivity contribution is 5.96. The fourth-order valence-corrected chi connectivity index (χ4v) is 4.74. The second-order valence-corrected chi connectivity index (χ2v) is 7.30. The van der Waals surface area contributed by atoms with E-state index in [9.17, 15) is 14.7 Å². The van der Waals surface area contributed by atoms with Gasteiger partial charge in [0.25, 0.3) is 0 Å². The van der Waals surface area contributed by atoms with Crippen LogP contribution in [0, 0.1) is 49.4 Å². The van der Waals surface area contributed by atoms with Gasteiger partial charge in [0.15, 0.2) is 0 Å². The highest BCUT2D eigenvalue weighted by Gasteiger charge is 2.62. The summed E-state index contributed by atoms with van der Waals surface area (Å²) in [6, 6.07) is 5.88. The van der Waals surface area contributed by atoms with Crippen molar-refractivity contribution >= 4 is 17.6 Å². The van der Waals surface area contributed by atoms with Gasteiger partial charge in [-0.1, -0.05) is 29.8 Å². The number of fused-ring (bicyclic) bond motifs is 1. The lowest BCUT2D eigenvalue weighted by Crippen LogP contribution is -2.48. The minimum absolute atomic E-state index is 0.0253. The summed E-state index contributed by atoms with van der Waals surface area (Å²) in [6.07, 6.45) is 5.20. The van der Waals surface area contributed by atoms with Crippen LogP contribution in [0.3, 0.4) is 0 Å². The molecule has 2 N–H and O–H groups in total. The molecule has 4 heteroatoms. The molecule has 0 heterocycles. The van der Waals surface area contributed by atoms with Crippen molar-refractivity contribution in [3.63, 3.8) is 0 Å². The van der Waals surface area contributed by atoms with Gasteiger partial charge in [-0.3, -0.25) is 9.59 Å². The van der Waals surface area contributed by atoms with E-state index >= 15 is 0 Å². The first-order chi connectivity index (χ1) is 11.0. The molecule has 0 radical (unpaired) electrons. The van der Waals surface area contributed by atoms with Gasteiger partial charge < -0.3 is 10.4 Å². The van der Waals surface area contributed by atoms with E-state index in [1.54, 1.807) is 0 Å². The average Bonchev–Trinajstić information content (AvgIpc) is 3.31. The molecule has 2 fully saturated rings. The van der Waals surface area contributed by atoms with Gasteiger partial charge in [0.2, 0.25) is 5.91 Å². The normalized spacial score (nSPS) is 36.4. The number of nitrogens with one attached hydrogen (secondary N) is 1. The van der Waals surface area contributed by atoms with Crippen LogP contribution in [0.5, 0.6) is 0 Å². The molecule has 0 saturated heterocycles. The number of amides is 1. The summed E-state index contributed by atoms with van der Waals surface area (Å²) >= 11 is 0. The second kappa shape index (κ2) is 4.95. The molecule has 5 rings (SSSR count). The van der Waals surface area contributed by atoms with Crippen molar-refractivity contribution < 1.29 is 14.7 Å². The molecule has 1 aromatic carbocycles. The SMILES string of the molecule is Cc1ccc(NC(=O)[C@@H]2[C@H]3C=C[C@@H]([C@@H]4C[C@@H]34)[C@H]2C(=O)O)c(C)c1. The largest absolute Gasteiger partial charge is 0.481 e. The molecular weight excluding hydrogens is 290 g/mol. The summed E-state index contributed by atoms with van der Waals surface area (Å²) in [6.45, 7) is 3.97. The molecule has 4 aliphatic carbocycles. The van der Waals surface area contributed by atoms with Gasteiger partial charge in [-0.05, 0) is 55.6 Å². The molecule has 0 aliphatic heterocycles. The Hall–Kier alpha value is -2.10. The predicted molar refractivity (Wildman–Crippen MR) is 86.9 cm³/mol. The third-order valence-corrected chi connectivity index (χ3v) is 5.88. The summed E-state index contributed by atoms with van der Waals surface area (Å²) in [5.41, 5.74) is 2.93. The first-order valence-electron chi connectivity index (χ1n) is 8.26. The molecule has 0 unspecified atom stereocenters. The molecule has 0 aromatic heterocycles. The number of benzene rings is 1. The standard InChI is InChI=1S/C19H21NO3/c1-9-3-6-15(10(2)7-9)20-18(21)16-11-4-5-12(14-8-13(11)14)17(16)19(22)23/h3-7,11-14,16-17H,8H2,1-2H3,(H,20,21)(H,22,23)/t11-,12-,13-,14-,16+,17+/m0/s1. The quantitative estimate of drug-likeness (QED) is 0.843. The molecule has 2 saturated carbocycles. The Morgan fingerprint density at radius 1 is 1.09 bits per heavy atom. The number of allylic oxidation sites excluding steroid dienone is 2. The van der Waals surface area contributed by atoms with Gasteiger partial charge in [0.05, 0.1) is 11.8 Å². The monoisotopic (exact) mass is 311 g/mol. The van der Waals surface area contributed by atoms with E-state index in [0.717, 1.165) is 23.2 Å². The zero-order valence-corrected chi connectivity index (χ0v) is 13.3. The number of aryl methyl sites for hydroxylation is 2. The molecule has 23 heavy (non-hydrogen) atoms. The lowest BCUT2D eigenvalue weighted by molar-refractivity contribution is -0.152. The Bertz CT molecular complexity index is 723. The molecule has 2 bridgehead atoms. The maximum Gasteiger partial charge on any atom is 0.307 e. The number of hydrogen-bond acceptors (Lipinski definition) is 2. The topological polar surface area (TPSA) is 66.4 Å². The third-order valence-electron chi connectivity index (χ3n) is 5.88. The van der Waals surface area contributed by atoms with Gasteiger partial charge in [-0.2, -0.15) is 0 Å². The van der Waals surface area contributed by atoms with E-state index in [1.807, 2.05) is 38.1 Å². The summed E-state index contributed by atoms with van der Waals surface area (Å²) in [5, 5.41) is 12.6. The first kappa shape index (κ1) is 14.5. The van der Waals surface area contributed by atoms with E-state index in [1.165, 1.54) is 0 Å². The van der Waals surface area contributed by atoms with Crippen LogP contribution in [0.1, 0.15) is 17.5 Å². The Balaban J connectivity index is 1.62. The van der Waals surface area contributed by atoms with Gasteiger partial charge in [-0.25, -0.2) is 0 Å². The van der Waals surface area contributed by atoms with Gasteiger partial charge in [0, 0.05) is 5.69 Å². The maximum absolute atomic E-state index is 12.9. The molecule has 4 nitrogen and oxygen atoms in total. The van der Waals surface area contributed by atoms with Crippen molar-refractivity contribution in [3.8, 4) is 0 Å². The van der Waals surface area contributed by atoms with Gasteiger partial charge in [0.1, 0.15) is 0 Å². The lowest BCUT2D eigenvalue weighted by atomic mass is 9.62. The average molecular weight is 311 g/mol. The van der Waals surface area contributed by atoms with Crippen molar-refractivity contribution in [3.05, 3.63) is 41.5 Å². The van der Waals surface area contributed by atoms with Crippen LogP contribution >= 0.6 is 0 Å². The fourth-order valence-electron chi connectivity index (χ4n) is 4.74. The number of carboxylic acid groups (broad SMARTS) is 1. The van der Waals surface area contributed by atoms with E-state index in [2.05, 4.69) is 11.4 Å². The predicted octanol–water partition coefficient (Wildman–Crippen LogP) is 3.01. The Kier molecular flexibility index (Phi) is 3.12. The lowest BCUT2D eigenvalue weighted by Gasteiger charge is -2.41. The zero-order valence-electron chi connectivity index (χ0n) is 13.3. The minimum atomic E-state index is -0.838. The smallest absolute Gasteiger partial charge is 0.307 e. The number of rotatable bonds is 3. The Labute approximate surface area is 135 Å². The van der Waals surface area contributed by atoms with Crippen LogP contribution in [0.25, 0.3) is 0 Å². The van der Waals surface area contributed by atoms with Gasteiger partial charge in [-0.15, -0.1) is 0 Å². The Morgan fingerprint density at radius 3 is 2.35 bits per heavy atom. The van der Waals surface area contributed by atoms with Crippen LogP contribution < -0.4 is 5.32 Å². The van der Waals surface area contributed by atoms with Crippen molar-refractivity contribution in [2.75, 3.05) is 5.32 Å². The van der Waals surface area contributed by atoms with Crippen LogP contribution in [0.15, 0.2) is 30.4 Å².